The highest BCUT2D eigenvalue weighted by molar-refractivity contribution is 9.10. The van der Waals surface area contributed by atoms with Crippen molar-refractivity contribution in [2.45, 2.75) is 51.0 Å². The maximum absolute atomic E-state index is 12.8. The molecule has 0 saturated heterocycles. The van der Waals surface area contributed by atoms with E-state index in [0.29, 0.717) is 24.2 Å². The summed E-state index contributed by atoms with van der Waals surface area (Å²) in [6, 6.07) is 5.07. The molecule has 0 aromatic heterocycles. The van der Waals surface area contributed by atoms with Crippen LogP contribution in [0.1, 0.15) is 40.0 Å². The third-order valence-electron chi connectivity index (χ3n) is 4.51. The minimum Gasteiger partial charge on any atom is -0.492 e. The van der Waals surface area contributed by atoms with Crippen LogP contribution < -0.4 is 9.46 Å². The smallest absolute Gasteiger partial charge is 0.244 e. The van der Waals surface area contributed by atoms with Crippen molar-refractivity contribution in [1.82, 2.24) is 4.72 Å². The Morgan fingerprint density at radius 3 is 2.73 bits per heavy atom. The van der Waals surface area contributed by atoms with Crippen LogP contribution in [0.4, 0.5) is 0 Å². The fourth-order valence-electron chi connectivity index (χ4n) is 2.98. The zero-order valence-corrected chi connectivity index (χ0v) is 15.7. The van der Waals surface area contributed by atoms with Crippen molar-refractivity contribution < 1.29 is 13.2 Å². The number of sulfonamides is 1. The van der Waals surface area contributed by atoms with E-state index >= 15 is 0 Å². The second kappa shape index (κ2) is 7.32. The van der Waals surface area contributed by atoms with E-state index in [9.17, 15) is 8.42 Å². The van der Waals surface area contributed by atoms with E-state index in [1.54, 1.807) is 18.2 Å². The molecule has 1 aliphatic rings. The lowest BCUT2D eigenvalue weighted by molar-refractivity contribution is 0.226. The van der Waals surface area contributed by atoms with Gasteiger partial charge >= 0.3 is 0 Å². The Labute approximate surface area is 141 Å². The van der Waals surface area contributed by atoms with Crippen LogP contribution in [0, 0.1) is 11.8 Å². The first kappa shape index (κ1) is 17.8. The average molecular weight is 390 g/mol. The summed E-state index contributed by atoms with van der Waals surface area (Å²) in [6.45, 7) is 6.59. The first-order valence-corrected chi connectivity index (χ1v) is 10.1. The summed E-state index contributed by atoms with van der Waals surface area (Å²) in [7, 11) is -3.60. The van der Waals surface area contributed by atoms with E-state index < -0.39 is 10.0 Å². The monoisotopic (exact) mass is 389 g/mol. The fourth-order valence-corrected chi connectivity index (χ4v) is 5.02. The largest absolute Gasteiger partial charge is 0.492 e. The summed E-state index contributed by atoms with van der Waals surface area (Å²) in [5.74, 6) is 1.27. The standard InChI is InChI=1S/C16H24BrNO3S/c1-4-21-15-9-8-13(17)10-16(15)22(19,20)18-14-7-5-6-11(2)12(14)3/h8-12,14,18H,4-7H2,1-3H3/t11-,12+,14+/m1/s1. The topological polar surface area (TPSA) is 55.4 Å². The number of hydrogen-bond donors (Lipinski definition) is 1. The molecule has 1 aliphatic carbocycles. The van der Waals surface area contributed by atoms with Crippen molar-refractivity contribution in [3.8, 4) is 5.75 Å². The molecular weight excluding hydrogens is 366 g/mol. The van der Waals surface area contributed by atoms with Gasteiger partial charge in [0.05, 0.1) is 6.61 Å². The zero-order chi connectivity index (χ0) is 16.3. The summed E-state index contributed by atoms with van der Waals surface area (Å²) in [5.41, 5.74) is 0. The Bertz CT molecular complexity index is 618. The van der Waals surface area contributed by atoms with Crippen LogP contribution in [-0.2, 0) is 10.0 Å². The van der Waals surface area contributed by atoms with Crippen molar-refractivity contribution in [2.75, 3.05) is 6.61 Å². The number of rotatable bonds is 5. The number of nitrogens with one attached hydrogen (secondary N) is 1. The molecule has 0 aliphatic heterocycles. The van der Waals surface area contributed by atoms with Crippen LogP contribution in [0.3, 0.4) is 0 Å². The van der Waals surface area contributed by atoms with Gasteiger partial charge in [-0.1, -0.05) is 42.6 Å². The Morgan fingerprint density at radius 1 is 1.32 bits per heavy atom. The maximum Gasteiger partial charge on any atom is 0.244 e. The molecule has 0 spiro atoms. The quantitative estimate of drug-likeness (QED) is 0.828. The van der Waals surface area contributed by atoms with Crippen molar-refractivity contribution in [1.29, 1.82) is 0 Å². The van der Waals surface area contributed by atoms with Crippen molar-refractivity contribution >= 4 is 26.0 Å². The Kier molecular flexibility index (Phi) is 5.91. The molecule has 1 saturated carbocycles. The highest BCUT2D eigenvalue weighted by atomic mass is 79.9. The molecule has 4 nitrogen and oxygen atoms in total. The van der Waals surface area contributed by atoms with Crippen molar-refractivity contribution in [3.05, 3.63) is 22.7 Å². The van der Waals surface area contributed by atoms with E-state index in [2.05, 4.69) is 34.5 Å². The molecule has 1 N–H and O–H groups in total. The third-order valence-corrected chi connectivity index (χ3v) is 6.51. The molecule has 3 atom stereocenters. The van der Waals surface area contributed by atoms with Crippen LogP contribution in [0.5, 0.6) is 5.75 Å². The van der Waals surface area contributed by atoms with Crippen LogP contribution in [-0.4, -0.2) is 21.1 Å². The van der Waals surface area contributed by atoms with Crippen LogP contribution in [0.2, 0.25) is 0 Å². The predicted molar refractivity (Wildman–Crippen MR) is 91.6 cm³/mol. The maximum atomic E-state index is 12.8. The van der Waals surface area contributed by atoms with Gasteiger partial charge in [-0.15, -0.1) is 0 Å². The molecular formula is C16H24BrNO3S. The molecule has 0 unspecified atom stereocenters. The minimum absolute atomic E-state index is 0.0118. The molecule has 0 heterocycles. The van der Waals surface area contributed by atoms with Gasteiger partial charge < -0.3 is 4.74 Å². The third kappa shape index (κ3) is 4.03. The Hall–Kier alpha value is -0.590. The van der Waals surface area contributed by atoms with Gasteiger partial charge in [0, 0.05) is 10.5 Å². The molecule has 2 rings (SSSR count). The summed E-state index contributed by atoms with van der Waals surface area (Å²) in [4.78, 5) is 0.203. The van der Waals surface area contributed by atoms with Crippen LogP contribution >= 0.6 is 15.9 Å². The van der Waals surface area contributed by atoms with E-state index in [1.165, 1.54) is 6.42 Å². The molecule has 0 radical (unpaired) electrons. The highest BCUT2D eigenvalue weighted by Gasteiger charge is 2.32. The van der Waals surface area contributed by atoms with Crippen LogP contribution in [0.15, 0.2) is 27.6 Å². The van der Waals surface area contributed by atoms with Gasteiger partial charge in [-0.2, -0.15) is 0 Å². The summed E-state index contributed by atoms with van der Waals surface area (Å²) >= 11 is 3.34. The SMILES string of the molecule is CCOc1ccc(Br)cc1S(=O)(=O)N[C@H]1CCC[C@@H](C)[C@@H]1C. The Balaban J connectivity index is 2.28. The lowest BCUT2D eigenvalue weighted by Gasteiger charge is -2.34. The first-order valence-electron chi connectivity index (χ1n) is 7.80. The van der Waals surface area contributed by atoms with Gasteiger partial charge in [-0.05, 0) is 43.4 Å². The van der Waals surface area contributed by atoms with E-state index in [4.69, 9.17) is 4.74 Å². The van der Waals surface area contributed by atoms with Gasteiger partial charge in [-0.25, -0.2) is 13.1 Å². The Morgan fingerprint density at radius 2 is 2.05 bits per heavy atom. The number of hydrogen-bond acceptors (Lipinski definition) is 3. The van der Waals surface area contributed by atoms with Crippen molar-refractivity contribution in [2.24, 2.45) is 11.8 Å². The second-order valence-corrected chi connectivity index (χ2v) is 8.62. The van der Waals surface area contributed by atoms with Gasteiger partial charge in [-0.3, -0.25) is 0 Å². The van der Waals surface area contributed by atoms with E-state index in [0.717, 1.165) is 17.3 Å². The zero-order valence-electron chi connectivity index (χ0n) is 13.3. The molecule has 1 aromatic carbocycles. The second-order valence-electron chi connectivity index (χ2n) is 6.02. The van der Waals surface area contributed by atoms with E-state index in [1.807, 2.05) is 6.92 Å². The molecule has 6 heteroatoms. The van der Waals surface area contributed by atoms with Gasteiger partial charge in [0.25, 0.3) is 0 Å². The number of benzene rings is 1. The predicted octanol–water partition coefficient (Wildman–Crippen LogP) is 3.95. The van der Waals surface area contributed by atoms with Gasteiger partial charge in [0.1, 0.15) is 10.6 Å². The number of halogens is 1. The summed E-state index contributed by atoms with van der Waals surface area (Å²) < 4.78 is 34.7. The lowest BCUT2D eigenvalue weighted by Crippen LogP contribution is -2.43. The van der Waals surface area contributed by atoms with Crippen LogP contribution in [0.25, 0.3) is 0 Å². The first-order chi connectivity index (χ1) is 10.3. The fraction of sp³-hybridized carbons (Fsp3) is 0.625. The molecule has 0 amide bonds. The molecule has 124 valence electrons. The lowest BCUT2D eigenvalue weighted by atomic mass is 9.78. The minimum atomic E-state index is -3.60. The molecule has 1 aromatic rings. The summed E-state index contributed by atoms with van der Waals surface area (Å²) in [6.07, 6.45) is 3.12. The molecule has 0 bridgehead atoms. The molecule has 1 fully saturated rings. The van der Waals surface area contributed by atoms with Crippen molar-refractivity contribution in [3.63, 3.8) is 0 Å². The van der Waals surface area contributed by atoms with Gasteiger partial charge in [0.15, 0.2) is 0 Å². The van der Waals surface area contributed by atoms with E-state index in [-0.39, 0.29) is 10.9 Å². The molecule has 22 heavy (non-hydrogen) atoms. The highest BCUT2D eigenvalue weighted by Crippen LogP contribution is 2.32. The van der Waals surface area contributed by atoms with Gasteiger partial charge in [0.2, 0.25) is 10.0 Å². The number of ether oxygens (including phenoxy) is 1. The average Bonchev–Trinajstić information content (AvgIpc) is 2.46. The normalized spacial score (nSPS) is 25.9. The summed E-state index contributed by atoms with van der Waals surface area (Å²) in [5, 5.41) is 0.